The Balaban J connectivity index is 2.25. The Morgan fingerprint density at radius 2 is 1.96 bits per heavy atom. The fourth-order valence-electron chi connectivity index (χ4n) is 4.54. The van der Waals surface area contributed by atoms with Crippen LogP contribution in [0.2, 0.25) is 0 Å². The van der Waals surface area contributed by atoms with Crippen molar-refractivity contribution in [1.29, 1.82) is 0 Å². The topological polar surface area (TPSA) is 52.6 Å². The van der Waals surface area contributed by atoms with Crippen LogP contribution in [0.3, 0.4) is 0 Å². The molecule has 0 aliphatic heterocycles. The fraction of sp³-hybridized carbons (Fsp3) is 0.619. The third-order valence-electron chi connectivity index (χ3n) is 6.00. The minimum Gasteiger partial charge on any atom is -0.455 e. The van der Waals surface area contributed by atoms with Crippen LogP contribution >= 0.6 is 0 Å². The molecule has 0 heterocycles. The molecule has 25 heavy (non-hydrogen) atoms. The molecule has 0 aromatic rings. The van der Waals surface area contributed by atoms with Crippen LogP contribution in [0.1, 0.15) is 66.7 Å². The Hall–Kier alpha value is -1.84. The molecule has 4 heteroatoms. The highest BCUT2D eigenvalue weighted by Gasteiger charge is 2.56. The molecule has 4 nitrogen and oxygen atoms in total. The third kappa shape index (κ3) is 3.88. The van der Waals surface area contributed by atoms with Crippen LogP contribution in [0.15, 0.2) is 35.6 Å². The average molecular weight is 346 g/mol. The molecule has 0 bridgehead atoms. The molecule has 0 radical (unpaired) electrons. The summed E-state index contributed by atoms with van der Waals surface area (Å²) in [6, 6.07) is 0. The SMILES string of the molecule is C=C(C)[C@@H]1CC[C@@]2(C1)C(C)=CCC[C@]2(C)OC(=O)/C=C(\C)OC(C)=O. The van der Waals surface area contributed by atoms with Crippen LogP contribution in [-0.4, -0.2) is 17.5 Å². The molecule has 2 rings (SSSR count). The zero-order valence-corrected chi connectivity index (χ0v) is 16.1. The smallest absolute Gasteiger partial charge is 0.334 e. The Morgan fingerprint density at radius 1 is 1.28 bits per heavy atom. The number of carbonyl (C=O) groups excluding carboxylic acids is 2. The number of esters is 2. The minimum atomic E-state index is -0.555. The van der Waals surface area contributed by atoms with Crippen molar-refractivity contribution in [2.24, 2.45) is 11.3 Å². The first-order chi connectivity index (χ1) is 11.6. The highest BCUT2D eigenvalue weighted by Crippen LogP contribution is 2.59. The molecule has 0 N–H and O–H groups in total. The van der Waals surface area contributed by atoms with Crippen molar-refractivity contribution in [3.05, 3.63) is 35.6 Å². The molecule has 1 spiro atoms. The van der Waals surface area contributed by atoms with Crippen LogP contribution < -0.4 is 0 Å². The lowest BCUT2D eigenvalue weighted by atomic mass is 9.61. The van der Waals surface area contributed by atoms with Gasteiger partial charge in [0.2, 0.25) is 0 Å². The first kappa shape index (κ1) is 19.5. The Kier molecular flexibility index (Phi) is 5.60. The quantitative estimate of drug-likeness (QED) is 0.316. The van der Waals surface area contributed by atoms with Gasteiger partial charge in [0, 0.05) is 12.3 Å². The van der Waals surface area contributed by atoms with Crippen molar-refractivity contribution >= 4 is 11.9 Å². The maximum atomic E-state index is 12.4. The lowest BCUT2D eigenvalue weighted by Gasteiger charge is -2.49. The number of rotatable bonds is 4. The molecule has 0 unspecified atom stereocenters. The second-order valence-corrected chi connectivity index (χ2v) is 7.79. The van der Waals surface area contributed by atoms with Crippen molar-refractivity contribution in [1.82, 2.24) is 0 Å². The molecule has 2 aliphatic carbocycles. The molecule has 3 atom stereocenters. The summed E-state index contributed by atoms with van der Waals surface area (Å²) in [4.78, 5) is 23.4. The van der Waals surface area contributed by atoms with Crippen molar-refractivity contribution in [3.8, 4) is 0 Å². The molecule has 0 amide bonds. The summed E-state index contributed by atoms with van der Waals surface area (Å²) in [5.74, 6) is -0.169. The van der Waals surface area contributed by atoms with Crippen LogP contribution in [0, 0.1) is 11.3 Å². The average Bonchev–Trinajstić information content (AvgIpc) is 2.91. The maximum Gasteiger partial charge on any atom is 0.334 e. The van der Waals surface area contributed by atoms with Gasteiger partial charge in [0.1, 0.15) is 11.4 Å². The maximum absolute atomic E-state index is 12.4. The first-order valence-electron chi connectivity index (χ1n) is 9.02. The van der Waals surface area contributed by atoms with Crippen LogP contribution in [0.4, 0.5) is 0 Å². The molecule has 1 saturated carbocycles. The molecular formula is C21H30O4. The van der Waals surface area contributed by atoms with E-state index in [1.165, 1.54) is 24.1 Å². The van der Waals surface area contributed by atoms with E-state index in [4.69, 9.17) is 9.47 Å². The van der Waals surface area contributed by atoms with E-state index in [9.17, 15) is 9.59 Å². The second kappa shape index (κ2) is 7.19. The predicted octanol–water partition coefficient (Wildman–Crippen LogP) is 4.86. The van der Waals surface area contributed by atoms with Gasteiger partial charge in [-0.25, -0.2) is 4.79 Å². The molecule has 0 aromatic carbocycles. The van der Waals surface area contributed by atoms with Crippen LogP contribution in [0.25, 0.3) is 0 Å². The van der Waals surface area contributed by atoms with E-state index in [-0.39, 0.29) is 11.2 Å². The summed E-state index contributed by atoms with van der Waals surface area (Å²) >= 11 is 0. The Labute approximate surface area is 151 Å². The van der Waals surface area contributed by atoms with Crippen LogP contribution in [-0.2, 0) is 19.1 Å². The highest BCUT2D eigenvalue weighted by atomic mass is 16.6. The molecule has 0 saturated heterocycles. The largest absolute Gasteiger partial charge is 0.455 e. The van der Waals surface area contributed by atoms with E-state index in [0.29, 0.717) is 5.92 Å². The van der Waals surface area contributed by atoms with Gasteiger partial charge in [0.15, 0.2) is 0 Å². The van der Waals surface area contributed by atoms with Gasteiger partial charge in [-0.3, -0.25) is 4.79 Å². The standard InChI is InChI=1S/C21H30O4/c1-14(2)18-9-11-21(13-18)15(3)8-7-10-20(21,6)25-19(23)12-16(4)24-17(5)22/h8,12,18H,1,7,9-11,13H2,2-6H3/b16-12+/t18-,20+,21-/m1/s1. The second-order valence-electron chi connectivity index (χ2n) is 7.79. The Bertz CT molecular complexity index is 642. The van der Waals surface area contributed by atoms with Crippen molar-refractivity contribution in [2.75, 3.05) is 0 Å². The van der Waals surface area contributed by atoms with Gasteiger partial charge in [0.25, 0.3) is 0 Å². The van der Waals surface area contributed by atoms with Gasteiger partial charge in [-0.05, 0) is 65.7 Å². The van der Waals surface area contributed by atoms with Gasteiger partial charge in [-0.2, -0.15) is 0 Å². The molecular weight excluding hydrogens is 316 g/mol. The lowest BCUT2D eigenvalue weighted by molar-refractivity contribution is -0.167. The minimum absolute atomic E-state index is 0.131. The zero-order valence-electron chi connectivity index (χ0n) is 16.1. The zero-order chi connectivity index (χ0) is 18.8. The van der Waals surface area contributed by atoms with E-state index in [1.54, 1.807) is 6.92 Å². The fourth-order valence-corrected chi connectivity index (χ4v) is 4.54. The summed E-state index contributed by atoms with van der Waals surface area (Å²) in [6.45, 7) is 13.3. The summed E-state index contributed by atoms with van der Waals surface area (Å²) in [7, 11) is 0. The number of carbonyl (C=O) groups is 2. The van der Waals surface area contributed by atoms with Gasteiger partial charge in [-0.15, -0.1) is 0 Å². The molecule has 1 fully saturated rings. The Morgan fingerprint density at radius 3 is 2.52 bits per heavy atom. The van der Waals surface area contributed by atoms with E-state index >= 15 is 0 Å². The summed E-state index contributed by atoms with van der Waals surface area (Å²) in [5, 5.41) is 0. The normalized spacial score (nSPS) is 32.3. The number of hydrogen-bond donors (Lipinski definition) is 0. The summed E-state index contributed by atoms with van der Waals surface area (Å²) < 4.78 is 10.9. The summed E-state index contributed by atoms with van der Waals surface area (Å²) in [6.07, 6.45) is 8.32. The number of allylic oxidation sites excluding steroid dienone is 3. The molecule has 2 aliphatic rings. The van der Waals surface area contributed by atoms with Gasteiger partial charge in [0.05, 0.1) is 6.08 Å². The van der Waals surface area contributed by atoms with Gasteiger partial charge >= 0.3 is 11.9 Å². The monoisotopic (exact) mass is 346 g/mol. The van der Waals surface area contributed by atoms with E-state index in [1.807, 2.05) is 0 Å². The molecule has 138 valence electrons. The summed E-state index contributed by atoms with van der Waals surface area (Å²) in [5.41, 5.74) is 1.83. The van der Waals surface area contributed by atoms with Gasteiger partial charge in [-0.1, -0.05) is 23.8 Å². The van der Waals surface area contributed by atoms with Crippen molar-refractivity contribution in [2.45, 2.75) is 72.3 Å². The van der Waals surface area contributed by atoms with E-state index < -0.39 is 17.5 Å². The van der Waals surface area contributed by atoms with E-state index in [0.717, 1.165) is 32.1 Å². The highest BCUT2D eigenvalue weighted by molar-refractivity contribution is 5.83. The van der Waals surface area contributed by atoms with Gasteiger partial charge < -0.3 is 9.47 Å². The van der Waals surface area contributed by atoms with Crippen molar-refractivity contribution < 1.29 is 19.1 Å². The lowest BCUT2D eigenvalue weighted by Crippen LogP contribution is -2.50. The third-order valence-corrected chi connectivity index (χ3v) is 6.00. The van der Waals surface area contributed by atoms with Crippen molar-refractivity contribution in [3.63, 3.8) is 0 Å². The van der Waals surface area contributed by atoms with Crippen LogP contribution in [0.5, 0.6) is 0 Å². The predicted molar refractivity (Wildman–Crippen MR) is 97.6 cm³/mol. The number of hydrogen-bond acceptors (Lipinski definition) is 4. The number of ether oxygens (including phenoxy) is 2. The first-order valence-corrected chi connectivity index (χ1v) is 9.02. The molecule has 0 aromatic heterocycles. The van der Waals surface area contributed by atoms with E-state index in [2.05, 4.69) is 33.4 Å².